The Hall–Kier alpha value is -1.42. The van der Waals surface area contributed by atoms with E-state index < -0.39 is 0 Å². The van der Waals surface area contributed by atoms with Gasteiger partial charge in [-0.15, -0.1) is 6.42 Å². The highest BCUT2D eigenvalue weighted by Crippen LogP contribution is 2.22. The molecule has 0 radical (unpaired) electrons. The van der Waals surface area contributed by atoms with E-state index in [1.165, 1.54) is 24.0 Å². The molecule has 0 heterocycles. The number of hydrogen-bond donors (Lipinski definition) is 0. The van der Waals surface area contributed by atoms with E-state index in [9.17, 15) is 0 Å². The molecule has 0 saturated carbocycles. The van der Waals surface area contributed by atoms with Crippen LogP contribution >= 0.6 is 0 Å². The van der Waals surface area contributed by atoms with Gasteiger partial charge in [-0.3, -0.25) is 0 Å². The van der Waals surface area contributed by atoms with E-state index in [4.69, 9.17) is 11.2 Å². The van der Waals surface area contributed by atoms with E-state index in [0.717, 1.165) is 12.2 Å². The molecule has 0 aliphatic heterocycles. The highest BCUT2D eigenvalue weighted by molar-refractivity contribution is 5.37. The monoisotopic (exact) mass is 202 g/mol. The molecule has 0 aromatic heterocycles. The standard InChI is InChI=1S/C14H18O/c1-4-6-7-13-9-8-12(3)11-14(13)15-10-5-2/h2,8-9,11H,4,6-7,10H2,1,3H3. The third kappa shape index (κ3) is 3.67. The molecular weight excluding hydrogens is 184 g/mol. The zero-order chi connectivity index (χ0) is 11.1. The molecule has 15 heavy (non-hydrogen) atoms. The highest BCUT2D eigenvalue weighted by atomic mass is 16.5. The van der Waals surface area contributed by atoms with Gasteiger partial charge in [0, 0.05) is 0 Å². The average Bonchev–Trinajstić information content (AvgIpc) is 2.25. The summed E-state index contributed by atoms with van der Waals surface area (Å²) in [4.78, 5) is 0. The number of unbranched alkanes of at least 4 members (excludes halogenated alkanes) is 1. The largest absolute Gasteiger partial charge is 0.481 e. The zero-order valence-electron chi connectivity index (χ0n) is 9.55. The number of hydrogen-bond acceptors (Lipinski definition) is 1. The van der Waals surface area contributed by atoms with E-state index >= 15 is 0 Å². The van der Waals surface area contributed by atoms with Crippen molar-refractivity contribution in [2.45, 2.75) is 33.1 Å². The van der Waals surface area contributed by atoms with E-state index in [0.29, 0.717) is 6.61 Å². The number of rotatable bonds is 5. The lowest BCUT2D eigenvalue weighted by Crippen LogP contribution is -1.98. The summed E-state index contributed by atoms with van der Waals surface area (Å²) in [6.45, 7) is 4.60. The minimum Gasteiger partial charge on any atom is -0.481 e. The van der Waals surface area contributed by atoms with Crippen LogP contribution in [0.4, 0.5) is 0 Å². The molecule has 0 aliphatic carbocycles. The minimum atomic E-state index is 0.350. The van der Waals surface area contributed by atoms with Crippen molar-refractivity contribution in [2.24, 2.45) is 0 Å². The Morgan fingerprint density at radius 1 is 1.40 bits per heavy atom. The Balaban J connectivity index is 2.78. The quantitative estimate of drug-likeness (QED) is 0.665. The molecule has 0 bridgehead atoms. The molecular formula is C14H18O. The SMILES string of the molecule is C#CCOc1cc(C)ccc1CCCC. The van der Waals surface area contributed by atoms with Crippen LogP contribution < -0.4 is 4.74 Å². The van der Waals surface area contributed by atoms with Crippen molar-refractivity contribution in [1.29, 1.82) is 0 Å². The Labute approximate surface area is 92.5 Å². The molecule has 0 amide bonds. The van der Waals surface area contributed by atoms with Crippen molar-refractivity contribution < 1.29 is 4.74 Å². The van der Waals surface area contributed by atoms with Crippen LogP contribution in [0.1, 0.15) is 30.9 Å². The van der Waals surface area contributed by atoms with Gasteiger partial charge in [-0.25, -0.2) is 0 Å². The van der Waals surface area contributed by atoms with Gasteiger partial charge >= 0.3 is 0 Å². The number of ether oxygens (including phenoxy) is 1. The molecule has 0 unspecified atom stereocenters. The van der Waals surface area contributed by atoms with Crippen LogP contribution in [0.15, 0.2) is 18.2 Å². The Morgan fingerprint density at radius 2 is 2.20 bits per heavy atom. The molecule has 0 fully saturated rings. The van der Waals surface area contributed by atoms with Gasteiger partial charge in [0.2, 0.25) is 0 Å². The Morgan fingerprint density at radius 3 is 2.87 bits per heavy atom. The third-order valence-corrected chi connectivity index (χ3v) is 2.33. The van der Waals surface area contributed by atoms with Crippen LogP contribution in [0.25, 0.3) is 0 Å². The molecule has 1 nitrogen and oxygen atoms in total. The van der Waals surface area contributed by atoms with E-state index in [2.05, 4.69) is 38.0 Å². The Kier molecular flexibility index (Phi) is 4.77. The van der Waals surface area contributed by atoms with Crippen LogP contribution in [-0.2, 0) is 6.42 Å². The third-order valence-electron chi connectivity index (χ3n) is 2.33. The summed E-state index contributed by atoms with van der Waals surface area (Å²) in [5.41, 5.74) is 2.47. The van der Waals surface area contributed by atoms with Gasteiger partial charge in [0.1, 0.15) is 12.4 Å². The maximum Gasteiger partial charge on any atom is 0.148 e. The van der Waals surface area contributed by atoms with E-state index in [1.54, 1.807) is 0 Å². The van der Waals surface area contributed by atoms with Gasteiger partial charge in [0.05, 0.1) is 0 Å². The second-order valence-corrected chi connectivity index (χ2v) is 3.71. The molecule has 0 aliphatic rings. The normalized spacial score (nSPS) is 9.67. The van der Waals surface area contributed by atoms with E-state index in [1.807, 2.05) is 0 Å². The van der Waals surface area contributed by atoms with Crippen LogP contribution in [0.2, 0.25) is 0 Å². The van der Waals surface area contributed by atoms with Gasteiger partial charge in [-0.2, -0.15) is 0 Å². The van der Waals surface area contributed by atoms with Gasteiger partial charge < -0.3 is 4.74 Å². The molecule has 0 N–H and O–H groups in total. The molecule has 1 aromatic carbocycles. The van der Waals surface area contributed by atoms with E-state index in [-0.39, 0.29) is 0 Å². The van der Waals surface area contributed by atoms with Gasteiger partial charge in [0.15, 0.2) is 0 Å². The van der Waals surface area contributed by atoms with Crippen molar-refractivity contribution in [3.63, 3.8) is 0 Å². The average molecular weight is 202 g/mol. The van der Waals surface area contributed by atoms with Crippen molar-refractivity contribution in [3.8, 4) is 18.1 Å². The smallest absolute Gasteiger partial charge is 0.148 e. The molecule has 0 spiro atoms. The second-order valence-electron chi connectivity index (χ2n) is 3.71. The van der Waals surface area contributed by atoms with Crippen molar-refractivity contribution in [2.75, 3.05) is 6.61 Å². The highest BCUT2D eigenvalue weighted by Gasteiger charge is 2.03. The maximum absolute atomic E-state index is 5.53. The lowest BCUT2D eigenvalue weighted by molar-refractivity contribution is 0.365. The summed E-state index contributed by atoms with van der Waals surface area (Å²) < 4.78 is 5.53. The topological polar surface area (TPSA) is 9.23 Å². The fourth-order valence-corrected chi connectivity index (χ4v) is 1.49. The maximum atomic E-state index is 5.53. The number of aryl methyl sites for hydroxylation is 2. The first-order chi connectivity index (χ1) is 7.27. The first-order valence-corrected chi connectivity index (χ1v) is 5.43. The fraction of sp³-hybridized carbons (Fsp3) is 0.429. The summed E-state index contributed by atoms with van der Waals surface area (Å²) in [6, 6.07) is 6.31. The van der Waals surface area contributed by atoms with Crippen LogP contribution in [0.5, 0.6) is 5.75 Å². The molecule has 1 rings (SSSR count). The lowest BCUT2D eigenvalue weighted by atomic mass is 10.1. The first kappa shape index (κ1) is 11.7. The molecule has 0 saturated heterocycles. The van der Waals surface area contributed by atoms with Crippen molar-refractivity contribution >= 4 is 0 Å². The first-order valence-electron chi connectivity index (χ1n) is 5.43. The predicted octanol–water partition coefficient (Wildman–Crippen LogP) is 3.35. The summed E-state index contributed by atoms with van der Waals surface area (Å²) in [5.74, 6) is 3.44. The van der Waals surface area contributed by atoms with Crippen LogP contribution in [0.3, 0.4) is 0 Å². The molecule has 1 aromatic rings. The summed E-state index contributed by atoms with van der Waals surface area (Å²) in [7, 11) is 0. The summed E-state index contributed by atoms with van der Waals surface area (Å²) in [5, 5.41) is 0. The summed E-state index contributed by atoms with van der Waals surface area (Å²) in [6.07, 6.45) is 8.64. The van der Waals surface area contributed by atoms with Gasteiger partial charge in [0.25, 0.3) is 0 Å². The van der Waals surface area contributed by atoms with Crippen LogP contribution in [0, 0.1) is 19.3 Å². The second kappa shape index (κ2) is 6.14. The fourth-order valence-electron chi connectivity index (χ4n) is 1.49. The van der Waals surface area contributed by atoms with Crippen molar-refractivity contribution in [3.05, 3.63) is 29.3 Å². The summed E-state index contributed by atoms with van der Waals surface area (Å²) >= 11 is 0. The Bertz CT molecular complexity index is 347. The zero-order valence-corrected chi connectivity index (χ0v) is 9.55. The lowest BCUT2D eigenvalue weighted by Gasteiger charge is -2.10. The number of terminal acetylenes is 1. The van der Waals surface area contributed by atoms with Crippen molar-refractivity contribution in [1.82, 2.24) is 0 Å². The predicted molar refractivity (Wildman–Crippen MR) is 64.1 cm³/mol. The minimum absolute atomic E-state index is 0.350. The van der Waals surface area contributed by atoms with Crippen LogP contribution in [-0.4, -0.2) is 6.61 Å². The van der Waals surface area contributed by atoms with Gasteiger partial charge in [-0.1, -0.05) is 31.4 Å². The molecule has 1 heteroatoms. The van der Waals surface area contributed by atoms with Gasteiger partial charge in [-0.05, 0) is 37.0 Å². The molecule has 80 valence electrons. The molecule has 0 atom stereocenters. The number of benzene rings is 1.